The topological polar surface area (TPSA) is 131 Å². The van der Waals surface area contributed by atoms with Crippen molar-refractivity contribution in [1.82, 2.24) is 9.88 Å². The molecular formula is C24H27N5O4. The van der Waals surface area contributed by atoms with Crippen molar-refractivity contribution in [2.45, 2.75) is 19.7 Å². The molecule has 9 nitrogen and oxygen atoms in total. The smallest absolute Gasteiger partial charge is 0.276 e. The molecule has 0 bridgehead atoms. The average Bonchev–Trinajstić information content (AvgIpc) is 2.83. The molecular weight excluding hydrogens is 422 g/mol. The fourth-order valence-electron chi connectivity index (χ4n) is 3.17. The molecule has 1 atom stereocenters. The lowest BCUT2D eigenvalue weighted by molar-refractivity contribution is -0.139. The SMILES string of the molecule is CCOC(C(=O)NCc1ccc(C(=N)N)cc1)n1cccc(Nc2cccc(OC)c2)c1=O. The number of carbonyl (C=O) groups is 1. The molecule has 3 aromatic rings. The van der Waals surface area contributed by atoms with Gasteiger partial charge in [0.15, 0.2) is 0 Å². The Kier molecular flexibility index (Phi) is 7.82. The predicted molar refractivity (Wildman–Crippen MR) is 127 cm³/mol. The Balaban J connectivity index is 1.77. The quantitative estimate of drug-likeness (QED) is 0.278. The van der Waals surface area contributed by atoms with Crippen molar-refractivity contribution in [3.05, 3.63) is 88.3 Å². The van der Waals surface area contributed by atoms with Gasteiger partial charge in [-0.2, -0.15) is 0 Å². The number of pyridine rings is 1. The number of amides is 1. The average molecular weight is 450 g/mol. The van der Waals surface area contributed by atoms with Crippen LogP contribution in [0.5, 0.6) is 5.75 Å². The highest BCUT2D eigenvalue weighted by atomic mass is 16.5. The summed E-state index contributed by atoms with van der Waals surface area (Å²) in [6, 6.07) is 17.5. The third-order valence-corrected chi connectivity index (χ3v) is 4.86. The molecule has 1 aromatic heterocycles. The number of anilines is 2. The van der Waals surface area contributed by atoms with Crippen molar-refractivity contribution >= 4 is 23.1 Å². The molecule has 2 aromatic carbocycles. The molecule has 9 heteroatoms. The summed E-state index contributed by atoms with van der Waals surface area (Å²) in [6.45, 7) is 2.23. The van der Waals surface area contributed by atoms with E-state index in [0.717, 1.165) is 5.56 Å². The molecule has 33 heavy (non-hydrogen) atoms. The van der Waals surface area contributed by atoms with Gasteiger partial charge in [-0.25, -0.2) is 0 Å². The van der Waals surface area contributed by atoms with Crippen molar-refractivity contribution in [3.63, 3.8) is 0 Å². The highest BCUT2D eigenvalue weighted by molar-refractivity contribution is 5.94. The minimum absolute atomic E-state index is 0.0243. The Morgan fingerprint density at radius 3 is 2.58 bits per heavy atom. The predicted octanol–water partition coefficient (Wildman–Crippen LogP) is 2.74. The molecule has 0 aliphatic heterocycles. The summed E-state index contributed by atoms with van der Waals surface area (Å²) in [7, 11) is 1.57. The van der Waals surface area contributed by atoms with E-state index in [1.807, 2.05) is 12.1 Å². The zero-order chi connectivity index (χ0) is 23.8. The first-order valence-electron chi connectivity index (χ1n) is 10.4. The first-order chi connectivity index (χ1) is 15.9. The van der Waals surface area contributed by atoms with Crippen LogP contribution in [0.2, 0.25) is 0 Å². The molecule has 0 aliphatic carbocycles. The van der Waals surface area contributed by atoms with Crippen LogP contribution in [-0.2, 0) is 16.1 Å². The minimum atomic E-state index is -1.13. The van der Waals surface area contributed by atoms with Gasteiger partial charge in [0, 0.05) is 36.7 Å². The molecule has 1 heterocycles. The van der Waals surface area contributed by atoms with E-state index < -0.39 is 17.7 Å². The van der Waals surface area contributed by atoms with Crippen LogP contribution >= 0.6 is 0 Å². The maximum atomic E-state index is 13.1. The Labute approximate surface area is 191 Å². The van der Waals surface area contributed by atoms with Crippen LogP contribution in [0.1, 0.15) is 24.3 Å². The number of aromatic nitrogens is 1. The largest absolute Gasteiger partial charge is 0.497 e. The van der Waals surface area contributed by atoms with E-state index in [1.54, 1.807) is 62.6 Å². The number of benzene rings is 2. The molecule has 0 aliphatic rings. The number of nitrogens with two attached hydrogens (primary N) is 1. The summed E-state index contributed by atoms with van der Waals surface area (Å²) in [6.07, 6.45) is 0.381. The van der Waals surface area contributed by atoms with Crippen molar-refractivity contribution in [3.8, 4) is 5.75 Å². The molecule has 0 spiro atoms. The Morgan fingerprint density at radius 1 is 1.15 bits per heavy atom. The van der Waals surface area contributed by atoms with Gasteiger partial charge in [-0.1, -0.05) is 30.3 Å². The second-order valence-electron chi connectivity index (χ2n) is 7.13. The number of nitrogen functional groups attached to an aromatic ring is 1. The Morgan fingerprint density at radius 2 is 1.91 bits per heavy atom. The van der Waals surface area contributed by atoms with Crippen LogP contribution in [0.25, 0.3) is 0 Å². The summed E-state index contributed by atoms with van der Waals surface area (Å²) >= 11 is 0. The van der Waals surface area contributed by atoms with E-state index in [1.165, 1.54) is 10.8 Å². The number of rotatable bonds is 10. The van der Waals surface area contributed by atoms with Gasteiger partial charge in [0.2, 0.25) is 6.23 Å². The number of carbonyl (C=O) groups excluding carboxylic acids is 1. The van der Waals surface area contributed by atoms with E-state index >= 15 is 0 Å². The maximum Gasteiger partial charge on any atom is 0.276 e. The summed E-state index contributed by atoms with van der Waals surface area (Å²) in [4.78, 5) is 26.0. The zero-order valence-electron chi connectivity index (χ0n) is 18.5. The van der Waals surface area contributed by atoms with Crippen LogP contribution in [-0.4, -0.2) is 30.0 Å². The summed E-state index contributed by atoms with van der Waals surface area (Å²) in [5.74, 6) is 0.177. The summed E-state index contributed by atoms with van der Waals surface area (Å²) < 4.78 is 12.1. The third kappa shape index (κ3) is 5.98. The van der Waals surface area contributed by atoms with Crippen molar-refractivity contribution < 1.29 is 14.3 Å². The second-order valence-corrected chi connectivity index (χ2v) is 7.13. The van der Waals surface area contributed by atoms with Gasteiger partial charge >= 0.3 is 0 Å². The zero-order valence-corrected chi connectivity index (χ0v) is 18.5. The Bertz CT molecular complexity index is 1170. The molecule has 1 amide bonds. The number of ether oxygens (including phenoxy) is 2. The number of nitrogens with zero attached hydrogens (tertiary/aromatic N) is 1. The number of amidine groups is 1. The fourth-order valence-corrected chi connectivity index (χ4v) is 3.17. The molecule has 1 unspecified atom stereocenters. The van der Waals surface area contributed by atoms with Crippen molar-refractivity contribution in [1.29, 1.82) is 5.41 Å². The summed E-state index contributed by atoms with van der Waals surface area (Å²) in [5.41, 5.74) is 7.46. The van der Waals surface area contributed by atoms with Crippen LogP contribution in [0.4, 0.5) is 11.4 Å². The first-order valence-corrected chi connectivity index (χ1v) is 10.4. The lowest BCUT2D eigenvalue weighted by Gasteiger charge is -2.20. The van der Waals surface area contributed by atoms with Gasteiger partial charge in [-0.3, -0.25) is 19.6 Å². The van der Waals surface area contributed by atoms with Gasteiger partial charge in [-0.15, -0.1) is 0 Å². The first kappa shape index (κ1) is 23.6. The molecule has 0 saturated heterocycles. The van der Waals surface area contributed by atoms with E-state index in [0.29, 0.717) is 22.7 Å². The minimum Gasteiger partial charge on any atom is -0.497 e. The highest BCUT2D eigenvalue weighted by Crippen LogP contribution is 2.20. The van der Waals surface area contributed by atoms with Crippen LogP contribution in [0.3, 0.4) is 0 Å². The van der Waals surface area contributed by atoms with E-state index in [9.17, 15) is 9.59 Å². The number of hydrogen-bond donors (Lipinski definition) is 4. The van der Waals surface area contributed by atoms with E-state index in [-0.39, 0.29) is 19.0 Å². The van der Waals surface area contributed by atoms with Crippen molar-refractivity contribution in [2.75, 3.05) is 19.0 Å². The van der Waals surface area contributed by atoms with Crippen LogP contribution < -0.4 is 26.7 Å². The third-order valence-electron chi connectivity index (χ3n) is 4.86. The van der Waals surface area contributed by atoms with Crippen LogP contribution in [0.15, 0.2) is 71.7 Å². The molecule has 0 saturated carbocycles. The fraction of sp³-hybridized carbons (Fsp3) is 0.208. The van der Waals surface area contributed by atoms with Gasteiger partial charge in [-0.05, 0) is 36.8 Å². The second kappa shape index (κ2) is 11.0. The van der Waals surface area contributed by atoms with E-state index in [4.69, 9.17) is 20.6 Å². The van der Waals surface area contributed by atoms with Gasteiger partial charge in [0.25, 0.3) is 11.5 Å². The normalized spacial score (nSPS) is 11.5. The Hall–Kier alpha value is -4.11. The van der Waals surface area contributed by atoms with Crippen molar-refractivity contribution in [2.24, 2.45) is 5.73 Å². The lowest BCUT2D eigenvalue weighted by Crippen LogP contribution is -2.38. The number of methoxy groups -OCH3 is 1. The van der Waals surface area contributed by atoms with E-state index in [2.05, 4.69) is 10.6 Å². The number of nitrogens with one attached hydrogen (secondary N) is 3. The van der Waals surface area contributed by atoms with Gasteiger partial charge < -0.3 is 25.8 Å². The molecule has 5 N–H and O–H groups in total. The molecule has 0 fully saturated rings. The molecule has 172 valence electrons. The molecule has 0 radical (unpaired) electrons. The standard InChI is InChI=1S/C24H27N5O4/c1-3-33-24(22(30)27-15-16-9-11-17(12-10-16)21(25)26)29-13-5-8-20(23(29)31)28-18-6-4-7-19(14-18)32-2/h4-14,24,28H,3,15H2,1-2H3,(H3,25,26)(H,27,30). The summed E-state index contributed by atoms with van der Waals surface area (Å²) in [5, 5.41) is 13.3. The van der Waals surface area contributed by atoms with Crippen LogP contribution in [0, 0.1) is 5.41 Å². The monoisotopic (exact) mass is 449 g/mol. The maximum absolute atomic E-state index is 13.1. The molecule has 3 rings (SSSR count). The van der Waals surface area contributed by atoms with Gasteiger partial charge in [0.05, 0.1) is 7.11 Å². The number of hydrogen-bond acceptors (Lipinski definition) is 6. The lowest BCUT2D eigenvalue weighted by atomic mass is 10.1. The van der Waals surface area contributed by atoms with Gasteiger partial charge in [0.1, 0.15) is 17.3 Å². The highest BCUT2D eigenvalue weighted by Gasteiger charge is 2.22.